The second-order valence-electron chi connectivity index (χ2n) is 9.42. The molecular formula is C24H26ClN7O3S. The lowest BCUT2D eigenvalue weighted by Crippen LogP contribution is -2.46. The Bertz CT molecular complexity index is 1490. The van der Waals surface area contributed by atoms with Crippen LogP contribution < -0.4 is 9.62 Å². The van der Waals surface area contributed by atoms with Crippen molar-refractivity contribution < 1.29 is 13.2 Å². The van der Waals surface area contributed by atoms with Crippen LogP contribution in [0.1, 0.15) is 46.9 Å². The summed E-state index contributed by atoms with van der Waals surface area (Å²) in [5, 5.41) is 14.2. The molecule has 5 rings (SSSR count). The van der Waals surface area contributed by atoms with Crippen LogP contribution in [0.25, 0.3) is 5.65 Å². The maximum atomic E-state index is 13.7. The molecule has 2 saturated heterocycles. The third kappa shape index (κ3) is 4.70. The number of carbonyl (C=O) groups excluding carboxylic acids is 1. The standard InChI is InChI=1S/C24H26ClN7O3S/c1-15-12-32-22(27-23(15)30-13-16(11-26)14-30)10-20(28-32)21-5-3-4-8-31(21)24(33)18-9-17(25)6-7-19(18)29-36(2,34)35/h6-7,9-10,12,16,21,29H,3-5,8,13-14H2,1-2H3/t21-/m1/s1. The fraction of sp³-hybridized carbons (Fsp3) is 0.417. The van der Waals surface area contributed by atoms with Crippen LogP contribution in [0.3, 0.4) is 0 Å². The van der Waals surface area contributed by atoms with Crippen molar-refractivity contribution in [2.24, 2.45) is 5.92 Å². The molecule has 188 valence electrons. The Labute approximate surface area is 214 Å². The van der Waals surface area contributed by atoms with Crippen molar-refractivity contribution in [3.63, 3.8) is 0 Å². The summed E-state index contributed by atoms with van der Waals surface area (Å²) in [6, 6.07) is 8.44. The number of aromatic nitrogens is 3. The van der Waals surface area contributed by atoms with Gasteiger partial charge in [0, 0.05) is 42.5 Å². The predicted octanol–water partition coefficient (Wildman–Crippen LogP) is 3.39. The Hall–Kier alpha value is -3.36. The smallest absolute Gasteiger partial charge is 0.256 e. The van der Waals surface area contributed by atoms with Crippen LogP contribution in [0.15, 0.2) is 30.5 Å². The number of nitrogens with one attached hydrogen (secondary N) is 1. The maximum absolute atomic E-state index is 13.7. The first-order chi connectivity index (χ1) is 17.1. The molecule has 1 atom stereocenters. The van der Waals surface area contributed by atoms with Gasteiger partial charge in [0.2, 0.25) is 10.0 Å². The molecule has 0 aliphatic carbocycles. The summed E-state index contributed by atoms with van der Waals surface area (Å²) >= 11 is 6.17. The molecule has 4 heterocycles. The summed E-state index contributed by atoms with van der Waals surface area (Å²) in [6.07, 6.45) is 5.46. The SMILES string of the molecule is Cc1cn2nc([C@H]3CCCCN3C(=O)c3cc(Cl)ccc3NS(C)(=O)=O)cc2nc1N1CC(C#N)C1. The average molecular weight is 528 g/mol. The van der Waals surface area contributed by atoms with Crippen molar-refractivity contribution in [3.8, 4) is 6.07 Å². The number of nitriles is 1. The van der Waals surface area contributed by atoms with Gasteiger partial charge in [0.1, 0.15) is 5.82 Å². The third-order valence-corrected chi connectivity index (χ3v) is 7.43. The number of hydrogen-bond acceptors (Lipinski definition) is 7. The van der Waals surface area contributed by atoms with Crippen LogP contribution in [0.5, 0.6) is 0 Å². The molecule has 1 N–H and O–H groups in total. The van der Waals surface area contributed by atoms with Crippen molar-refractivity contribution in [1.82, 2.24) is 19.5 Å². The number of rotatable bonds is 5. The van der Waals surface area contributed by atoms with Crippen molar-refractivity contribution in [3.05, 3.63) is 52.3 Å². The molecule has 0 radical (unpaired) electrons. The Morgan fingerprint density at radius 3 is 2.75 bits per heavy atom. The van der Waals surface area contributed by atoms with E-state index in [1.54, 1.807) is 15.5 Å². The second-order valence-corrected chi connectivity index (χ2v) is 11.6. The zero-order valence-corrected chi connectivity index (χ0v) is 21.6. The van der Waals surface area contributed by atoms with Crippen molar-refractivity contribution in [2.45, 2.75) is 32.2 Å². The van der Waals surface area contributed by atoms with Crippen molar-refractivity contribution in [1.29, 1.82) is 5.26 Å². The summed E-state index contributed by atoms with van der Waals surface area (Å²) < 4.78 is 27.9. The number of likely N-dealkylation sites (tertiary alicyclic amines) is 1. The van der Waals surface area contributed by atoms with Gasteiger partial charge in [0.15, 0.2) is 5.65 Å². The topological polar surface area (TPSA) is 124 Å². The molecule has 0 bridgehead atoms. The summed E-state index contributed by atoms with van der Waals surface area (Å²) in [4.78, 5) is 22.3. The van der Waals surface area contributed by atoms with Crippen LogP contribution in [0.4, 0.5) is 11.5 Å². The third-order valence-electron chi connectivity index (χ3n) is 6.60. The molecule has 3 aromatic rings. The van der Waals surface area contributed by atoms with E-state index in [1.165, 1.54) is 12.1 Å². The van der Waals surface area contributed by atoms with Gasteiger partial charge >= 0.3 is 0 Å². The Morgan fingerprint density at radius 1 is 1.25 bits per heavy atom. The molecule has 2 aliphatic heterocycles. The minimum absolute atomic E-state index is 0.0262. The summed E-state index contributed by atoms with van der Waals surface area (Å²) in [5.41, 5.74) is 2.75. The molecule has 1 amide bonds. The highest BCUT2D eigenvalue weighted by Crippen LogP contribution is 2.34. The lowest BCUT2D eigenvalue weighted by Gasteiger charge is -2.37. The quantitative estimate of drug-likeness (QED) is 0.539. The lowest BCUT2D eigenvalue weighted by molar-refractivity contribution is 0.0607. The first-order valence-corrected chi connectivity index (χ1v) is 14.0. The Kier molecular flexibility index (Phi) is 6.26. The number of nitrogens with zero attached hydrogens (tertiary/aromatic N) is 6. The summed E-state index contributed by atoms with van der Waals surface area (Å²) in [5.74, 6) is 0.559. The number of sulfonamides is 1. The van der Waals surface area contributed by atoms with Crippen LogP contribution in [0, 0.1) is 24.2 Å². The van der Waals surface area contributed by atoms with Crippen molar-refractivity contribution >= 4 is 44.7 Å². The van der Waals surface area contributed by atoms with Gasteiger partial charge in [-0.1, -0.05) is 11.6 Å². The highest BCUT2D eigenvalue weighted by atomic mass is 35.5. The fourth-order valence-corrected chi connectivity index (χ4v) is 5.60. The van der Waals surface area contributed by atoms with Crippen LogP contribution in [0.2, 0.25) is 5.02 Å². The van der Waals surface area contributed by atoms with E-state index >= 15 is 0 Å². The van der Waals surface area contributed by atoms with Crippen LogP contribution in [-0.4, -0.2) is 59.7 Å². The highest BCUT2D eigenvalue weighted by molar-refractivity contribution is 7.92. The summed E-state index contributed by atoms with van der Waals surface area (Å²) in [6.45, 7) is 3.81. The first kappa shape index (κ1) is 24.3. The van der Waals surface area contributed by atoms with Gasteiger partial charge < -0.3 is 9.80 Å². The number of fused-ring (bicyclic) bond motifs is 1. The van der Waals surface area contributed by atoms with Gasteiger partial charge in [0.25, 0.3) is 5.91 Å². The zero-order valence-electron chi connectivity index (χ0n) is 20.0. The number of amides is 1. The molecule has 0 spiro atoms. The van der Waals surface area contributed by atoms with Gasteiger partial charge in [0.05, 0.1) is 41.2 Å². The average Bonchev–Trinajstić information content (AvgIpc) is 3.21. The molecule has 2 aromatic heterocycles. The lowest BCUT2D eigenvalue weighted by atomic mass is 9.98. The van der Waals surface area contributed by atoms with E-state index < -0.39 is 10.0 Å². The number of hydrogen-bond donors (Lipinski definition) is 1. The Balaban J connectivity index is 1.47. The van der Waals surface area contributed by atoms with E-state index in [4.69, 9.17) is 26.9 Å². The number of carbonyl (C=O) groups is 1. The monoisotopic (exact) mass is 527 g/mol. The van der Waals surface area contributed by atoms with E-state index in [0.29, 0.717) is 30.3 Å². The second kappa shape index (κ2) is 9.26. The molecule has 36 heavy (non-hydrogen) atoms. The largest absolute Gasteiger partial charge is 0.354 e. The molecule has 12 heteroatoms. The van der Waals surface area contributed by atoms with Gasteiger partial charge in [-0.05, 0) is 44.4 Å². The predicted molar refractivity (Wildman–Crippen MR) is 137 cm³/mol. The zero-order chi connectivity index (χ0) is 25.6. The first-order valence-electron chi connectivity index (χ1n) is 11.7. The molecule has 1 aromatic carbocycles. The minimum atomic E-state index is -3.59. The van der Waals surface area contributed by atoms with E-state index in [0.717, 1.165) is 42.6 Å². The highest BCUT2D eigenvalue weighted by Gasteiger charge is 2.33. The van der Waals surface area contributed by atoms with E-state index in [-0.39, 0.29) is 29.1 Å². The molecule has 10 nitrogen and oxygen atoms in total. The number of piperidine rings is 1. The molecule has 2 fully saturated rings. The normalized spacial score (nSPS) is 18.7. The maximum Gasteiger partial charge on any atom is 0.256 e. The molecule has 2 aliphatic rings. The van der Waals surface area contributed by atoms with Gasteiger partial charge in [-0.25, -0.2) is 17.9 Å². The van der Waals surface area contributed by atoms with Gasteiger partial charge in [-0.15, -0.1) is 0 Å². The fourth-order valence-electron chi connectivity index (χ4n) is 4.85. The minimum Gasteiger partial charge on any atom is -0.354 e. The molecular weight excluding hydrogens is 502 g/mol. The van der Waals surface area contributed by atoms with Gasteiger partial charge in [-0.3, -0.25) is 9.52 Å². The number of anilines is 2. The molecule has 0 saturated carbocycles. The van der Waals surface area contributed by atoms with E-state index in [9.17, 15) is 13.2 Å². The van der Waals surface area contributed by atoms with E-state index in [1.807, 2.05) is 19.2 Å². The van der Waals surface area contributed by atoms with Crippen molar-refractivity contribution in [2.75, 3.05) is 35.5 Å². The number of halogens is 1. The molecule has 0 unspecified atom stereocenters. The van der Waals surface area contributed by atoms with Crippen LogP contribution >= 0.6 is 11.6 Å². The number of benzene rings is 1. The number of aryl methyl sites for hydroxylation is 1. The Morgan fingerprint density at radius 2 is 2.03 bits per heavy atom. The van der Waals surface area contributed by atoms with Gasteiger partial charge in [-0.2, -0.15) is 10.4 Å². The van der Waals surface area contributed by atoms with E-state index in [2.05, 4.69) is 15.7 Å². The summed E-state index contributed by atoms with van der Waals surface area (Å²) in [7, 11) is -3.59. The van der Waals surface area contributed by atoms with Crippen LogP contribution in [-0.2, 0) is 10.0 Å².